The average molecular weight is 416 g/mol. The summed E-state index contributed by atoms with van der Waals surface area (Å²) in [4.78, 5) is 24.0. The van der Waals surface area contributed by atoms with Crippen LogP contribution in [0.25, 0.3) is 5.65 Å². The van der Waals surface area contributed by atoms with Gasteiger partial charge in [0.15, 0.2) is 10.8 Å². The smallest absolute Gasteiger partial charge is 0.321 e. The Labute approximate surface area is 165 Å². The standard InChI is InChI=1S/C16H19Cl2N5O2S/c1-9-4-2-3-5-12(9)19-15(25)20-13(24)8-26-16-22-21-14-11(18)6-10(17)7-23(14)16/h6-7,9,12H,2-5,8H2,1H3,(H2,19,20,24,25)/t9-,12-/m0/s1. The molecule has 7 nitrogen and oxygen atoms in total. The van der Waals surface area contributed by atoms with Gasteiger partial charge >= 0.3 is 6.03 Å². The van der Waals surface area contributed by atoms with Crippen LogP contribution in [0.2, 0.25) is 10.0 Å². The van der Waals surface area contributed by atoms with Crippen molar-refractivity contribution in [2.75, 3.05) is 5.75 Å². The lowest BCUT2D eigenvalue weighted by atomic mass is 9.86. The largest absolute Gasteiger partial charge is 0.335 e. The van der Waals surface area contributed by atoms with Crippen molar-refractivity contribution in [1.82, 2.24) is 25.2 Å². The summed E-state index contributed by atoms with van der Waals surface area (Å²) in [5, 5.41) is 14.5. The van der Waals surface area contributed by atoms with Crippen LogP contribution >= 0.6 is 35.0 Å². The number of halogens is 2. The Bertz CT molecular complexity index is 828. The number of aromatic nitrogens is 3. The number of rotatable bonds is 4. The molecule has 0 bridgehead atoms. The quantitative estimate of drug-likeness (QED) is 0.745. The van der Waals surface area contributed by atoms with Crippen LogP contribution < -0.4 is 10.6 Å². The van der Waals surface area contributed by atoms with Gasteiger partial charge in [0, 0.05) is 12.2 Å². The lowest BCUT2D eigenvalue weighted by Crippen LogP contribution is -2.48. The number of urea groups is 1. The maximum Gasteiger partial charge on any atom is 0.321 e. The fourth-order valence-electron chi connectivity index (χ4n) is 3.03. The van der Waals surface area contributed by atoms with E-state index in [0.717, 1.165) is 31.0 Å². The van der Waals surface area contributed by atoms with Crippen LogP contribution in [0.5, 0.6) is 0 Å². The number of thioether (sulfide) groups is 1. The lowest BCUT2D eigenvalue weighted by molar-refractivity contribution is -0.117. The Morgan fingerprint density at radius 1 is 1.31 bits per heavy atom. The van der Waals surface area contributed by atoms with E-state index in [-0.39, 0.29) is 11.8 Å². The van der Waals surface area contributed by atoms with E-state index in [2.05, 4.69) is 27.8 Å². The Balaban J connectivity index is 1.53. The molecule has 2 aromatic heterocycles. The van der Waals surface area contributed by atoms with Crippen molar-refractivity contribution in [2.24, 2.45) is 5.92 Å². The normalized spacial score (nSPS) is 20.1. The molecule has 0 unspecified atom stereocenters. The monoisotopic (exact) mass is 415 g/mol. The first-order valence-corrected chi connectivity index (χ1v) is 10.1. The Morgan fingerprint density at radius 3 is 2.85 bits per heavy atom. The second-order valence-electron chi connectivity index (χ2n) is 6.36. The zero-order valence-corrected chi connectivity index (χ0v) is 16.5. The number of fused-ring (bicyclic) bond motifs is 1. The number of nitrogens with zero attached hydrogens (tertiary/aromatic N) is 3. The van der Waals surface area contributed by atoms with Gasteiger partial charge in [0.1, 0.15) is 0 Å². The van der Waals surface area contributed by atoms with Crippen molar-refractivity contribution in [3.05, 3.63) is 22.3 Å². The molecule has 2 heterocycles. The van der Waals surface area contributed by atoms with Gasteiger partial charge in [-0.2, -0.15) is 0 Å². The molecule has 1 fully saturated rings. The van der Waals surface area contributed by atoms with Gasteiger partial charge in [-0.15, -0.1) is 10.2 Å². The third kappa shape index (κ3) is 4.61. The summed E-state index contributed by atoms with van der Waals surface area (Å²) in [7, 11) is 0. The number of hydrogen-bond acceptors (Lipinski definition) is 5. The van der Waals surface area contributed by atoms with E-state index in [1.54, 1.807) is 16.7 Å². The molecule has 2 atom stereocenters. The number of hydrogen-bond donors (Lipinski definition) is 2. The molecule has 2 aromatic rings. The SMILES string of the molecule is C[C@H]1CCCC[C@@H]1NC(=O)NC(=O)CSc1nnc2c(Cl)cc(Cl)cn12. The summed E-state index contributed by atoms with van der Waals surface area (Å²) >= 11 is 13.2. The van der Waals surface area contributed by atoms with Gasteiger partial charge < -0.3 is 5.32 Å². The van der Waals surface area contributed by atoms with Crippen molar-refractivity contribution in [2.45, 2.75) is 43.8 Å². The number of pyridine rings is 1. The van der Waals surface area contributed by atoms with E-state index in [1.807, 2.05) is 0 Å². The van der Waals surface area contributed by atoms with Gasteiger partial charge in [-0.05, 0) is 24.8 Å². The zero-order valence-electron chi connectivity index (χ0n) is 14.2. The van der Waals surface area contributed by atoms with Crippen LogP contribution in [-0.4, -0.2) is 38.3 Å². The van der Waals surface area contributed by atoms with Gasteiger partial charge in [0.05, 0.1) is 15.8 Å². The molecule has 0 aliphatic heterocycles. The highest BCUT2D eigenvalue weighted by atomic mass is 35.5. The molecule has 140 valence electrons. The number of carbonyl (C=O) groups excluding carboxylic acids is 2. The first kappa shape index (κ1) is 19.3. The summed E-state index contributed by atoms with van der Waals surface area (Å²) in [6, 6.07) is 1.24. The van der Waals surface area contributed by atoms with Crippen molar-refractivity contribution >= 4 is 52.5 Å². The van der Waals surface area contributed by atoms with Gasteiger partial charge in [0.25, 0.3) is 0 Å². The molecule has 2 N–H and O–H groups in total. The summed E-state index contributed by atoms with van der Waals surface area (Å²) in [5.41, 5.74) is 0.461. The molecule has 0 saturated heterocycles. The maximum absolute atomic E-state index is 12.0. The van der Waals surface area contributed by atoms with Crippen LogP contribution in [0.3, 0.4) is 0 Å². The minimum absolute atomic E-state index is 0.0264. The van der Waals surface area contributed by atoms with E-state index >= 15 is 0 Å². The maximum atomic E-state index is 12.0. The number of carbonyl (C=O) groups is 2. The van der Waals surface area contributed by atoms with Crippen LogP contribution in [0, 0.1) is 5.92 Å². The molecule has 1 saturated carbocycles. The summed E-state index contributed by atoms with van der Waals surface area (Å²) in [5.74, 6) is 0.0510. The Morgan fingerprint density at radius 2 is 2.08 bits per heavy atom. The molecule has 1 aliphatic carbocycles. The third-order valence-corrected chi connectivity index (χ3v) is 5.84. The highest BCUT2D eigenvalue weighted by Crippen LogP contribution is 2.25. The van der Waals surface area contributed by atoms with E-state index < -0.39 is 11.9 Å². The molecule has 3 rings (SSSR count). The average Bonchev–Trinajstić information content (AvgIpc) is 2.98. The second-order valence-corrected chi connectivity index (χ2v) is 8.15. The van der Waals surface area contributed by atoms with Gasteiger partial charge in [-0.25, -0.2) is 4.79 Å². The Kier molecular flexibility index (Phi) is 6.26. The molecule has 10 heteroatoms. The highest BCUT2D eigenvalue weighted by Gasteiger charge is 2.23. The van der Waals surface area contributed by atoms with Gasteiger partial charge in [-0.3, -0.25) is 14.5 Å². The molecule has 3 amide bonds. The van der Waals surface area contributed by atoms with E-state index in [4.69, 9.17) is 23.2 Å². The minimum atomic E-state index is -0.452. The first-order chi connectivity index (χ1) is 12.4. The van der Waals surface area contributed by atoms with Crippen molar-refractivity contribution < 1.29 is 9.59 Å². The number of nitrogens with one attached hydrogen (secondary N) is 2. The molecular weight excluding hydrogens is 397 g/mol. The molecule has 0 aromatic carbocycles. The van der Waals surface area contributed by atoms with Gasteiger partial charge in [-0.1, -0.05) is 54.7 Å². The zero-order chi connectivity index (χ0) is 18.7. The Hall–Kier alpha value is -1.51. The highest BCUT2D eigenvalue weighted by molar-refractivity contribution is 7.99. The van der Waals surface area contributed by atoms with E-state index in [1.165, 1.54) is 6.42 Å². The fourth-order valence-corrected chi connectivity index (χ4v) is 4.25. The van der Waals surface area contributed by atoms with Gasteiger partial charge in [0.2, 0.25) is 5.91 Å². The second kappa shape index (κ2) is 8.45. The number of imide groups is 1. The first-order valence-electron chi connectivity index (χ1n) is 8.37. The fraction of sp³-hybridized carbons (Fsp3) is 0.500. The topological polar surface area (TPSA) is 88.4 Å². The van der Waals surface area contributed by atoms with E-state index in [0.29, 0.717) is 26.8 Å². The molecule has 0 radical (unpaired) electrons. The predicted molar refractivity (Wildman–Crippen MR) is 102 cm³/mol. The van der Waals surface area contributed by atoms with Crippen molar-refractivity contribution in [3.8, 4) is 0 Å². The van der Waals surface area contributed by atoms with Crippen molar-refractivity contribution in [1.29, 1.82) is 0 Å². The molecule has 26 heavy (non-hydrogen) atoms. The lowest BCUT2D eigenvalue weighted by Gasteiger charge is -2.29. The number of amides is 3. The molecule has 0 spiro atoms. The minimum Gasteiger partial charge on any atom is -0.335 e. The van der Waals surface area contributed by atoms with E-state index in [9.17, 15) is 9.59 Å². The van der Waals surface area contributed by atoms with Crippen LogP contribution in [0.4, 0.5) is 4.79 Å². The molecule has 1 aliphatic rings. The predicted octanol–water partition coefficient (Wildman–Crippen LogP) is 3.53. The van der Waals surface area contributed by atoms with Crippen LogP contribution in [0.1, 0.15) is 32.6 Å². The van der Waals surface area contributed by atoms with Crippen LogP contribution in [-0.2, 0) is 4.79 Å². The summed E-state index contributed by atoms with van der Waals surface area (Å²) < 4.78 is 1.62. The van der Waals surface area contributed by atoms with Crippen molar-refractivity contribution in [3.63, 3.8) is 0 Å². The van der Waals surface area contributed by atoms with Crippen LogP contribution in [0.15, 0.2) is 17.4 Å². The summed E-state index contributed by atoms with van der Waals surface area (Å²) in [6.45, 7) is 2.12. The summed E-state index contributed by atoms with van der Waals surface area (Å²) in [6.07, 6.45) is 5.96. The molecular formula is C16H19Cl2N5O2S. The third-order valence-electron chi connectivity index (χ3n) is 4.41.